The predicted octanol–water partition coefficient (Wildman–Crippen LogP) is 4.18. The van der Waals surface area contributed by atoms with Crippen molar-refractivity contribution in [1.29, 1.82) is 0 Å². The molecule has 2 aromatic rings. The number of rotatable bonds is 4. The molecule has 2 rings (SSSR count). The molecule has 1 nitrogen and oxygen atoms in total. The molecule has 0 fully saturated rings. The third-order valence-corrected chi connectivity index (χ3v) is 3.75. The van der Waals surface area contributed by atoms with Crippen molar-refractivity contribution in [3.63, 3.8) is 0 Å². The molecule has 1 N–H and O–H groups in total. The zero-order valence-electron chi connectivity index (χ0n) is 8.77. The van der Waals surface area contributed by atoms with Crippen molar-refractivity contribution in [2.24, 2.45) is 0 Å². The second-order valence-electron chi connectivity index (χ2n) is 3.74. The number of aliphatic hydroxyl groups is 1. The Kier molecular flexibility index (Phi) is 4.16. The maximum absolute atomic E-state index is 10.0. The van der Waals surface area contributed by atoms with Crippen LogP contribution in [-0.2, 0) is 6.42 Å². The predicted molar refractivity (Wildman–Crippen MR) is 71.7 cm³/mol. The van der Waals surface area contributed by atoms with Crippen molar-refractivity contribution in [2.75, 3.05) is 0 Å². The van der Waals surface area contributed by atoms with Crippen LogP contribution >= 0.6 is 27.3 Å². The monoisotopic (exact) mass is 296 g/mol. The third kappa shape index (κ3) is 3.17. The zero-order valence-corrected chi connectivity index (χ0v) is 11.2. The molecule has 0 radical (unpaired) electrons. The molecule has 84 valence electrons. The van der Waals surface area contributed by atoms with E-state index in [1.165, 1.54) is 5.56 Å². The molecule has 0 amide bonds. The molecule has 1 atom stereocenters. The van der Waals surface area contributed by atoms with E-state index in [9.17, 15) is 5.11 Å². The number of benzene rings is 1. The minimum atomic E-state index is -0.377. The first kappa shape index (κ1) is 11.8. The first-order chi connectivity index (χ1) is 7.75. The maximum Gasteiger partial charge on any atom is 0.0793 e. The minimum Gasteiger partial charge on any atom is -0.388 e. The average molecular weight is 297 g/mol. The summed E-state index contributed by atoms with van der Waals surface area (Å²) in [6.07, 6.45) is 1.32. The van der Waals surface area contributed by atoms with E-state index in [0.717, 1.165) is 22.9 Å². The van der Waals surface area contributed by atoms with Crippen LogP contribution in [0.3, 0.4) is 0 Å². The molecule has 3 heteroatoms. The molecule has 1 unspecified atom stereocenters. The largest absolute Gasteiger partial charge is 0.388 e. The molecule has 0 aliphatic heterocycles. The van der Waals surface area contributed by atoms with Gasteiger partial charge in [-0.05, 0) is 52.9 Å². The molecule has 1 aromatic heterocycles. The minimum absolute atomic E-state index is 0.377. The summed E-state index contributed by atoms with van der Waals surface area (Å²) in [4.78, 5) is 0. The lowest BCUT2D eigenvalue weighted by Crippen LogP contribution is -1.99. The van der Waals surface area contributed by atoms with Gasteiger partial charge in [-0.1, -0.05) is 28.1 Å². The summed E-state index contributed by atoms with van der Waals surface area (Å²) in [5, 5.41) is 14.2. The van der Waals surface area contributed by atoms with Crippen LogP contribution in [0.2, 0.25) is 0 Å². The molecule has 0 bridgehead atoms. The SMILES string of the molecule is OC(CCc1ccsc1)c1cccc(Br)c1. The lowest BCUT2D eigenvalue weighted by Gasteiger charge is -2.10. The second kappa shape index (κ2) is 5.62. The van der Waals surface area contributed by atoms with Crippen molar-refractivity contribution in [3.05, 3.63) is 56.7 Å². The highest BCUT2D eigenvalue weighted by atomic mass is 79.9. The number of halogens is 1. The molecule has 1 aromatic carbocycles. The molecule has 16 heavy (non-hydrogen) atoms. The lowest BCUT2D eigenvalue weighted by molar-refractivity contribution is 0.168. The average Bonchev–Trinajstić information content (AvgIpc) is 2.78. The Bertz CT molecular complexity index is 439. The van der Waals surface area contributed by atoms with Gasteiger partial charge in [0.2, 0.25) is 0 Å². The van der Waals surface area contributed by atoms with Crippen LogP contribution in [0, 0.1) is 0 Å². The summed E-state index contributed by atoms with van der Waals surface area (Å²) in [7, 11) is 0. The van der Waals surface area contributed by atoms with Gasteiger partial charge in [0.1, 0.15) is 0 Å². The summed E-state index contributed by atoms with van der Waals surface area (Å²) < 4.78 is 1.01. The normalized spacial score (nSPS) is 12.6. The topological polar surface area (TPSA) is 20.2 Å². The van der Waals surface area contributed by atoms with E-state index in [2.05, 4.69) is 32.8 Å². The van der Waals surface area contributed by atoms with Gasteiger partial charge in [-0.15, -0.1) is 0 Å². The van der Waals surface area contributed by atoms with Crippen LogP contribution in [0.1, 0.15) is 23.7 Å². The highest BCUT2D eigenvalue weighted by molar-refractivity contribution is 9.10. The number of aryl methyl sites for hydroxylation is 1. The number of hydrogen-bond donors (Lipinski definition) is 1. The summed E-state index contributed by atoms with van der Waals surface area (Å²) in [6, 6.07) is 9.96. The Labute approximate surface area is 108 Å². The third-order valence-electron chi connectivity index (χ3n) is 2.52. The van der Waals surface area contributed by atoms with Crippen LogP contribution in [0.15, 0.2) is 45.6 Å². The highest BCUT2D eigenvalue weighted by Crippen LogP contribution is 2.22. The maximum atomic E-state index is 10.0. The number of hydrogen-bond acceptors (Lipinski definition) is 2. The van der Waals surface area contributed by atoms with Gasteiger partial charge >= 0.3 is 0 Å². The molecule has 1 heterocycles. The van der Waals surface area contributed by atoms with E-state index in [-0.39, 0.29) is 6.10 Å². The van der Waals surface area contributed by atoms with Crippen LogP contribution < -0.4 is 0 Å². The van der Waals surface area contributed by atoms with Gasteiger partial charge in [-0.3, -0.25) is 0 Å². The Morgan fingerprint density at radius 1 is 1.31 bits per heavy atom. The van der Waals surface area contributed by atoms with E-state index in [1.54, 1.807) is 11.3 Å². The molecule has 0 aliphatic rings. The van der Waals surface area contributed by atoms with Crippen LogP contribution in [0.25, 0.3) is 0 Å². The summed E-state index contributed by atoms with van der Waals surface area (Å²) >= 11 is 5.11. The van der Waals surface area contributed by atoms with Crippen molar-refractivity contribution in [2.45, 2.75) is 18.9 Å². The van der Waals surface area contributed by atoms with Crippen molar-refractivity contribution in [1.82, 2.24) is 0 Å². The van der Waals surface area contributed by atoms with Gasteiger partial charge in [0.05, 0.1) is 6.10 Å². The van der Waals surface area contributed by atoms with Gasteiger partial charge in [-0.2, -0.15) is 11.3 Å². The molecule has 0 saturated carbocycles. The first-order valence-corrected chi connectivity index (χ1v) is 6.94. The van der Waals surface area contributed by atoms with E-state index >= 15 is 0 Å². The van der Waals surface area contributed by atoms with Gasteiger partial charge in [0, 0.05) is 4.47 Å². The van der Waals surface area contributed by atoms with Crippen LogP contribution in [0.5, 0.6) is 0 Å². The van der Waals surface area contributed by atoms with Gasteiger partial charge in [0.15, 0.2) is 0 Å². The van der Waals surface area contributed by atoms with Crippen molar-refractivity contribution in [3.8, 4) is 0 Å². The summed E-state index contributed by atoms with van der Waals surface area (Å²) in [5.74, 6) is 0. The Hall–Kier alpha value is -0.640. The summed E-state index contributed by atoms with van der Waals surface area (Å²) in [5.41, 5.74) is 2.28. The highest BCUT2D eigenvalue weighted by Gasteiger charge is 2.07. The quantitative estimate of drug-likeness (QED) is 0.897. The van der Waals surface area contributed by atoms with E-state index in [1.807, 2.05) is 24.3 Å². The lowest BCUT2D eigenvalue weighted by atomic mass is 10.0. The smallest absolute Gasteiger partial charge is 0.0793 e. The van der Waals surface area contributed by atoms with Gasteiger partial charge < -0.3 is 5.11 Å². The molecular weight excluding hydrogens is 284 g/mol. The van der Waals surface area contributed by atoms with E-state index in [4.69, 9.17) is 0 Å². The van der Waals surface area contributed by atoms with E-state index in [0.29, 0.717) is 0 Å². The number of thiophene rings is 1. The van der Waals surface area contributed by atoms with E-state index < -0.39 is 0 Å². The van der Waals surface area contributed by atoms with Crippen LogP contribution in [-0.4, -0.2) is 5.11 Å². The fourth-order valence-corrected chi connectivity index (χ4v) is 2.74. The fraction of sp³-hybridized carbons (Fsp3) is 0.231. The molecule has 0 spiro atoms. The van der Waals surface area contributed by atoms with Gasteiger partial charge in [-0.25, -0.2) is 0 Å². The standard InChI is InChI=1S/C13H13BrOS/c14-12-3-1-2-11(8-12)13(15)5-4-10-6-7-16-9-10/h1-3,6-9,13,15H,4-5H2. The van der Waals surface area contributed by atoms with Crippen molar-refractivity contribution < 1.29 is 5.11 Å². The molecule has 0 aliphatic carbocycles. The Morgan fingerprint density at radius 2 is 2.19 bits per heavy atom. The van der Waals surface area contributed by atoms with Crippen molar-refractivity contribution >= 4 is 27.3 Å². The zero-order chi connectivity index (χ0) is 11.4. The number of aliphatic hydroxyl groups excluding tert-OH is 1. The summed E-state index contributed by atoms with van der Waals surface area (Å²) in [6.45, 7) is 0. The van der Waals surface area contributed by atoms with Gasteiger partial charge in [0.25, 0.3) is 0 Å². The molecule has 0 saturated heterocycles. The first-order valence-electron chi connectivity index (χ1n) is 5.20. The Balaban J connectivity index is 1.95. The fourth-order valence-electron chi connectivity index (χ4n) is 1.62. The van der Waals surface area contributed by atoms with Crippen LogP contribution in [0.4, 0.5) is 0 Å². The molecular formula is C13H13BrOS. The Morgan fingerprint density at radius 3 is 2.88 bits per heavy atom. The second-order valence-corrected chi connectivity index (χ2v) is 5.44.